The second-order valence-corrected chi connectivity index (χ2v) is 4.07. The van der Waals surface area contributed by atoms with Gasteiger partial charge in [0.1, 0.15) is 0 Å². The lowest BCUT2D eigenvalue weighted by molar-refractivity contribution is -0.118. The van der Waals surface area contributed by atoms with E-state index in [4.69, 9.17) is 0 Å². The molecule has 3 heteroatoms. The molecule has 0 aromatic heterocycles. The fraction of sp³-hybridized carbons (Fsp3) is 0.571. The zero-order chi connectivity index (χ0) is 8.36. The third-order valence-corrected chi connectivity index (χ3v) is 1.10. The van der Waals surface area contributed by atoms with Gasteiger partial charge >= 0.3 is 0 Å². The molecule has 10 heavy (non-hydrogen) atoms. The van der Waals surface area contributed by atoms with Gasteiger partial charge in [-0.2, -0.15) is 0 Å². The maximum absolute atomic E-state index is 10.9. The molecule has 0 saturated carbocycles. The van der Waals surface area contributed by atoms with Crippen LogP contribution in [0.5, 0.6) is 0 Å². The Kier molecular flexibility index (Phi) is 3.09. The summed E-state index contributed by atoms with van der Waals surface area (Å²) in [6.45, 7) is 9.20. The molecular formula is C7H12BrNO. The van der Waals surface area contributed by atoms with Crippen molar-refractivity contribution in [1.29, 1.82) is 0 Å². The summed E-state index contributed by atoms with van der Waals surface area (Å²) in [5.41, 5.74) is -0.187. The first-order valence-electron chi connectivity index (χ1n) is 3.00. The van der Waals surface area contributed by atoms with Gasteiger partial charge in [-0.25, -0.2) is 0 Å². The van der Waals surface area contributed by atoms with Crippen LogP contribution in [0.4, 0.5) is 0 Å². The van der Waals surface area contributed by atoms with Gasteiger partial charge in [0.2, 0.25) is 0 Å². The topological polar surface area (TPSA) is 29.1 Å². The molecule has 0 saturated heterocycles. The Labute approximate surface area is 69.8 Å². The molecule has 0 radical (unpaired) electrons. The van der Waals surface area contributed by atoms with Crippen LogP contribution >= 0.6 is 15.9 Å². The van der Waals surface area contributed by atoms with E-state index in [0.717, 1.165) is 0 Å². The molecule has 0 aliphatic heterocycles. The van der Waals surface area contributed by atoms with E-state index in [1.807, 2.05) is 20.8 Å². The first-order valence-corrected chi connectivity index (χ1v) is 3.79. The molecule has 1 N–H and O–H groups in total. The minimum absolute atomic E-state index is 0.160. The molecule has 0 unspecified atom stereocenters. The summed E-state index contributed by atoms with van der Waals surface area (Å²) in [5.74, 6) is -0.160. The molecule has 0 heterocycles. The minimum Gasteiger partial charge on any atom is -0.347 e. The molecule has 0 fully saturated rings. The quantitative estimate of drug-likeness (QED) is 0.651. The molecule has 0 aromatic rings. The Bertz CT molecular complexity index is 157. The highest BCUT2D eigenvalue weighted by molar-refractivity contribution is 9.12. The Morgan fingerprint density at radius 2 is 1.90 bits per heavy atom. The molecule has 0 spiro atoms. The van der Waals surface area contributed by atoms with Crippen molar-refractivity contribution >= 4 is 21.8 Å². The van der Waals surface area contributed by atoms with Crippen LogP contribution in [0.3, 0.4) is 0 Å². The molecule has 1 amide bonds. The molecule has 0 aliphatic carbocycles. The van der Waals surface area contributed by atoms with Crippen LogP contribution in [-0.4, -0.2) is 11.4 Å². The van der Waals surface area contributed by atoms with E-state index in [1.165, 1.54) is 0 Å². The predicted octanol–water partition coefficient (Wildman–Crippen LogP) is 1.81. The maximum atomic E-state index is 10.9. The number of hydrogen-bond donors (Lipinski definition) is 1. The molecule has 58 valence electrons. The molecule has 0 bridgehead atoms. The van der Waals surface area contributed by atoms with Gasteiger partial charge in [-0.05, 0) is 36.7 Å². The van der Waals surface area contributed by atoms with Gasteiger partial charge in [0.25, 0.3) is 5.91 Å². The van der Waals surface area contributed by atoms with E-state index in [0.29, 0.717) is 4.48 Å². The average Bonchev–Trinajstić information content (AvgIpc) is 1.60. The van der Waals surface area contributed by atoms with Crippen LogP contribution < -0.4 is 5.32 Å². The lowest BCUT2D eigenvalue weighted by Crippen LogP contribution is -2.40. The summed E-state index contributed by atoms with van der Waals surface area (Å²) < 4.78 is 0.363. The molecular weight excluding hydrogens is 194 g/mol. The Morgan fingerprint density at radius 1 is 1.50 bits per heavy atom. The summed E-state index contributed by atoms with van der Waals surface area (Å²) in [7, 11) is 0. The van der Waals surface area contributed by atoms with Crippen LogP contribution in [0.1, 0.15) is 20.8 Å². The van der Waals surface area contributed by atoms with Crippen molar-refractivity contribution in [2.45, 2.75) is 26.3 Å². The van der Waals surface area contributed by atoms with Crippen molar-refractivity contribution in [3.63, 3.8) is 0 Å². The smallest absolute Gasteiger partial charge is 0.258 e. The van der Waals surface area contributed by atoms with Gasteiger partial charge in [0, 0.05) is 5.54 Å². The predicted molar refractivity (Wildman–Crippen MR) is 46.0 cm³/mol. The molecule has 0 aliphatic rings. The zero-order valence-electron chi connectivity index (χ0n) is 6.49. The molecule has 0 rings (SSSR count). The summed E-state index contributed by atoms with van der Waals surface area (Å²) >= 11 is 2.99. The average molecular weight is 206 g/mol. The number of halogens is 1. The number of rotatable bonds is 1. The number of hydrogen-bond acceptors (Lipinski definition) is 1. The van der Waals surface area contributed by atoms with Gasteiger partial charge in [-0.1, -0.05) is 6.58 Å². The fourth-order valence-corrected chi connectivity index (χ4v) is 0.508. The van der Waals surface area contributed by atoms with Gasteiger partial charge in [-0.3, -0.25) is 4.79 Å². The second-order valence-electron chi connectivity index (χ2n) is 3.11. The highest BCUT2D eigenvalue weighted by Crippen LogP contribution is 2.04. The Morgan fingerprint density at radius 3 is 2.00 bits per heavy atom. The largest absolute Gasteiger partial charge is 0.347 e. The SMILES string of the molecule is C=C(Br)C(=O)NC(C)(C)C. The van der Waals surface area contributed by atoms with Crippen molar-refractivity contribution in [3.8, 4) is 0 Å². The minimum atomic E-state index is -0.187. The van der Waals surface area contributed by atoms with Crippen LogP contribution in [0.2, 0.25) is 0 Å². The number of nitrogens with one attached hydrogen (secondary N) is 1. The van der Waals surface area contributed by atoms with Crippen LogP contribution in [-0.2, 0) is 4.79 Å². The third kappa shape index (κ3) is 4.56. The van der Waals surface area contributed by atoms with E-state index in [-0.39, 0.29) is 11.4 Å². The number of amides is 1. The summed E-state index contributed by atoms with van der Waals surface area (Å²) in [5, 5.41) is 2.73. The van der Waals surface area contributed by atoms with Crippen molar-refractivity contribution in [3.05, 3.63) is 11.1 Å². The van der Waals surface area contributed by atoms with Crippen LogP contribution in [0.25, 0.3) is 0 Å². The van der Waals surface area contributed by atoms with Gasteiger partial charge < -0.3 is 5.32 Å². The van der Waals surface area contributed by atoms with E-state index in [9.17, 15) is 4.79 Å². The van der Waals surface area contributed by atoms with Gasteiger partial charge in [0.05, 0.1) is 4.48 Å². The first-order chi connectivity index (χ1) is 4.33. The maximum Gasteiger partial charge on any atom is 0.258 e. The lowest BCUT2D eigenvalue weighted by atomic mass is 10.1. The normalized spacial score (nSPS) is 10.8. The van der Waals surface area contributed by atoms with E-state index >= 15 is 0 Å². The molecule has 2 nitrogen and oxygen atoms in total. The van der Waals surface area contributed by atoms with Crippen molar-refractivity contribution in [2.24, 2.45) is 0 Å². The summed E-state index contributed by atoms with van der Waals surface area (Å²) in [6.07, 6.45) is 0. The van der Waals surface area contributed by atoms with Crippen molar-refractivity contribution in [2.75, 3.05) is 0 Å². The first kappa shape index (κ1) is 9.69. The standard InChI is InChI=1S/C7H12BrNO/c1-5(8)6(10)9-7(2,3)4/h1H2,2-4H3,(H,9,10). The van der Waals surface area contributed by atoms with Crippen molar-refractivity contribution in [1.82, 2.24) is 5.32 Å². The second kappa shape index (κ2) is 3.19. The Balaban J connectivity index is 3.93. The summed E-state index contributed by atoms with van der Waals surface area (Å²) in [6, 6.07) is 0. The van der Waals surface area contributed by atoms with Gasteiger partial charge in [-0.15, -0.1) is 0 Å². The van der Waals surface area contributed by atoms with Crippen molar-refractivity contribution < 1.29 is 4.79 Å². The van der Waals surface area contributed by atoms with Crippen LogP contribution in [0, 0.1) is 0 Å². The number of carbonyl (C=O) groups is 1. The van der Waals surface area contributed by atoms with E-state index in [2.05, 4.69) is 27.8 Å². The van der Waals surface area contributed by atoms with E-state index < -0.39 is 0 Å². The molecule has 0 atom stereocenters. The summed E-state index contributed by atoms with van der Waals surface area (Å²) in [4.78, 5) is 10.9. The highest BCUT2D eigenvalue weighted by atomic mass is 79.9. The lowest BCUT2D eigenvalue weighted by Gasteiger charge is -2.19. The van der Waals surface area contributed by atoms with Crippen LogP contribution in [0.15, 0.2) is 11.1 Å². The van der Waals surface area contributed by atoms with Gasteiger partial charge in [0.15, 0.2) is 0 Å². The third-order valence-electron chi connectivity index (χ3n) is 0.735. The highest BCUT2D eigenvalue weighted by Gasteiger charge is 2.13. The zero-order valence-corrected chi connectivity index (χ0v) is 8.08. The van der Waals surface area contributed by atoms with E-state index in [1.54, 1.807) is 0 Å². The monoisotopic (exact) mass is 205 g/mol. The number of carbonyl (C=O) groups excluding carboxylic acids is 1. The molecule has 0 aromatic carbocycles. The Hall–Kier alpha value is -0.310. The fourth-order valence-electron chi connectivity index (χ4n) is 0.408.